The minimum absolute atomic E-state index is 0.103. The number of alkyl halides is 3. The first kappa shape index (κ1) is 24.5. The fraction of sp³-hybridized carbons (Fsp3) is 0.857. The molecule has 2 aliphatic rings. The molecule has 1 N–H and O–H groups in total. The van der Waals surface area contributed by atoms with E-state index < -0.39 is 23.7 Å². The monoisotopic (exact) mass is 433 g/mol. The van der Waals surface area contributed by atoms with Crippen LogP contribution < -0.4 is 5.32 Å². The van der Waals surface area contributed by atoms with Crippen LogP contribution in [-0.2, 0) is 9.53 Å². The Labute approximate surface area is 176 Å². The van der Waals surface area contributed by atoms with Crippen molar-refractivity contribution in [3.05, 3.63) is 0 Å². The smallest absolute Gasteiger partial charge is 0.410 e. The quantitative estimate of drug-likeness (QED) is 0.550. The number of rotatable bonds is 8. The van der Waals surface area contributed by atoms with E-state index in [1.54, 1.807) is 4.90 Å². The Kier molecular flexibility index (Phi) is 8.16. The van der Waals surface area contributed by atoms with E-state index in [0.29, 0.717) is 44.6 Å². The van der Waals surface area contributed by atoms with Gasteiger partial charge in [0.2, 0.25) is 0 Å². The van der Waals surface area contributed by atoms with Gasteiger partial charge in [-0.3, -0.25) is 9.79 Å². The molecule has 2 rings (SSSR count). The van der Waals surface area contributed by atoms with Gasteiger partial charge >= 0.3 is 12.3 Å². The van der Waals surface area contributed by atoms with Gasteiger partial charge < -0.3 is 15.0 Å². The third-order valence-corrected chi connectivity index (χ3v) is 5.40. The molecule has 2 amide bonds. The van der Waals surface area contributed by atoms with Gasteiger partial charge in [-0.25, -0.2) is 4.79 Å². The van der Waals surface area contributed by atoms with Gasteiger partial charge in [-0.15, -0.1) is 0 Å². The van der Waals surface area contributed by atoms with Gasteiger partial charge in [-0.05, 0) is 46.5 Å². The van der Waals surface area contributed by atoms with Crippen LogP contribution in [0.4, 0.5) is 18.0 Å². The number of amidine groups is 1. The second kappa shape index (κ2) is 10.0. The van der Waals surface area contributed by atoms with Gasteiger partial charge in [0.15, 0.2) is 0 Å². The van der Waals surface area contributed by atoms with Crippen molar-refractivity contribution in [3.8, 4) is 0 Å². The zero-order valence-electron chi connectivity index (χ0n) is 18.2. The van der Waals surface area contributed by atoms with Crippen LogP contribution in [0.1, 0.15) is 85.0 Å². The highest BCUT2D eigenvalue weighted by molar-refractivity contribution is 6.08. The van der Waals surface area contributed by atoms with Crippen molar-refractivity contribution in [2.45, 2.75) is 102 Å². The average Bonchev–Trinajstić information content (AvgIpc) is 2.90. The summed E-state index contributed by atoms with van der Waals surface area (Å²) < 4.78 is 41.7. The van der Waals surface area contributed by atoms with Crippen LogP contribution in [0.25, 0.3) is 0 Å². The number of carbonyl (C=O) groups is 2. The fourth-order valence-electron chi connectivity index (χ4n) is 3.75. The summed E-state index contributed by atoms with van der Waals surface area (Å²) in [4.78, 5) is 31.0. The SMILES string of the molecule is CC(C)(C)OC(=O)N1CCC2(CC1)N=C(CCCCCCCCC(F)(F)F)NC2=O. The van der Waals surface area contributed by atoms with Crippen LogP contribution in [0.3, 0.4) is 0 Å². The van der Waals surface area contributed by atoms with Gasteiger partial charge in [-0.1, -0.05) is 25.7 Å². The van der Waals surface area contributed by atoms with Crippen molar-refractivity contribution in [2.24, 2.45) is 4.99 Å². The van der Waals surface area contributed by atoms with E-state index in [0.717, 1.165) is 25.7 Å². The first-order chi connectivity index (χ1) is 13.9. The summed E-state index contributed by atoms with van der Waals surface area (Å²) in [5.41, 5.74) is -1.34. The molecule has 9 heteroatoms. The molecular formula is C21H34F3N3O3. The van der Waals surface area contributed by atoms with Gasteiger partial charge in [-0.2, -0.15) is 13.2 Å². The van der Waals surface area contributed by atoms with Crippen molar-refractivity contribution >= 4 is 17.8 Å². The van der Waals surface area contributed by atoms with Crippen molar-refractivity contribution in [1.29, 1.82) is 0 Å². The van der Waals surface area contributed by atoms with E-state index in [9.17, 15) is 22.8 Å². The molecule has 0 atom stereocenters. The lowest BCUT2D eigenvalue weighted by molar-refractivity contribution is -0.135. The summed E-state index contributed by atoms with van der Waals surface area (Å²) in [6, 6.07) is 0. The van der Waals surface area contributed by atoms with Crippen LogP contribution in [-0.4, -0.2) is 53.1 Å². The molecule has 0 unspecified atom stereocenters. The zero-order chi connectivity index (χ0) is 22.4. The molecule has 0 aromatic carbocycles. The van der Waals surface area contributed by atoms with E-state index in [-0.39, 0.29) is 18.4 Å². The average molecular weight is 434 g/mol. The highest BCUT2D eigenvalue weighted by atomic mass is 19.4. The molecule has 1 spiro atoms. The van der Waals surface area contributed by atoms with E-state index in [4.69, 9.17) is 4.74 Å². The minimum atomic E-state index is -4.06. The van der Waals surface area contributed by atoms with Crippen molar-refractivity contribution in [1.82, 2.24) is 10.2 Å². The Bertz CT molecular complexity index is 634. The number of amides is 2. The predicted molar refractivity (Wildman–Crippen MR) is 108 cm³/mol. The van der Waals surface area contributed by atoms with Gasteiger partial charge in [0, 0.05) is 25.9 Å². The maximum atomic E-state index is 12.5. The summed E-state index contributed by atoms with van der Waals surface area (Å²) in [7, 11) is 0. The molecule has 0 radical (unpaired) electrons. The van der Waals surface area contributed by atoms with E-state index >= 15 is 0 Å². The topological polar surface area (TPSA) is 71.0 Å². The zero-order valence-corrected chi connectivity index (χ0v) is 18.2. The molecule has 1 saturated heterocycles. The predicted octanol–water partition coefficient (Wildman–Crippen LogP) is 4.97. The number of aliphatic imine (C=N–C) groups is 1. The molecule has 30 heavy (non-hydrogen) atoms. The van der Waals surface area contributed by atoms with Gasteiger partial charge in [0.05, 0.1) is 0 Å². The molecule has 6 nitrogen and oxygen atoms in total. The largest absolute Gasteiger partial charge is 0.444 e. The van der Waals surface area contributed by atoms with E-state index in [2.05, 4.69) is 10.3 Å². The van der Waals surface area contributed by atoms with Crippen LogP contribution in [0, 0.1) is 0 Å². The molecule has 0 aliphatic carbocycles. The molecule has 0 aromatic heterocycles. The third-order valence-electron chi connectivity index (χ3n) is 5.40. The second-order valence-electron chi connectivity index (χ2n) is 9.25. The summed E-state index contributed by atoms with van der Waals surface area (Å²) in [5, 5.41) is 2.88. The highest BCUT2D eigenvalue weighted by Crippen LogP contribution is 2.31. The second-order valence-corrected chi connectivity index (χ2v) is 9.25. The number of nitrogens with zero attached hydrogens (tertiary/aromatic N) is 2. The lowest BCUT2D eigenvalue weighted by Crippen LogP contribution is -2.51. The molecule has 0 aromatic rings. The number of ether oxygens (including phenoxy) is 1. The number of unbranched alkanes of at least 4 members (excludes halogenated alkanes) is 5. The minimum Gasteiger partial charge on any atom is -0.444 e. The summed E-state index contributed by atoms with van der Waals surface area (Å²) >= 11 is 0. The van der Waals surface area contributed by atoms with Crippen LogP contribution >= 0.6 is 0 Å². The van der Waals surface area contributed by atoms with E-state index in [1.165, 1.54) is 0 Å². The van der Waals surface area contributed by atoms with Crippen molar-refractivity contribution < 1.29 is 27.5 Å². The van der Waals surface area contributed by atoms with Gasteiger partial charge in [0.1, 0.15) is 17.0 Å². The molecule has 172 valence electrons. The fourth-order valence-corrected chi connectivity index (χ4v) is 3.75. The number of carbonyl (C=O) groups excluding carboxylic acids is 2. The highest BCUT2D eigenvalue weighted by Gasteiger charge is 2.46. The Morgan fingerprint density at radius 1 is 1.07 bits per heavy atom. The summed E-state index contributed by atoms with van der Waals surface area (Å²) in [5.74, 6) is 0.580. The Morgan fingerprint density at radius 3 is 2.20 bits per heavy atom. The standard InChI is InChI=1S/C21H34F3N3O3/c1-19(2,3)30-18(29)27-14-12-20(13-15-27)17(28)25-16(26-20)10-8-6-4-5-7-9-11-21(22,23)24/h4-15H2,1-3H3,(H,25,26,28). The molecule has 1 fully saturated rings. The molecule has 2 aliphatic heterocycles. The molecular weight excluding hydrogens is 399 g/mol. The first-order valence-electron chi connectivity index (χ1n) is 10.9. The molecule has 2 heterocycles. The van der Waals surface area contributed by atoms with Gasteiger partial charge in [0.25, 0.3) is 5.91 Å². The third kappa shape index (κ3) is 7.80. The molecule has 0 saturated carbocycles. The maximum absolute atomic E-state index is 12.5. The number of halogens is 3. The first-order valence-corrected chi connectivity index (χ1v) is 10.9. The summed E-state index contributed by atoms with van der Waals surface area (Å²) in [6.45, 7) is 6.31. The molecule has 0 bridgehead atoms. The Morgan fingerprint density at radius 2 is 1.63 bits per heavy atom. The Hall–Kier alpha value is -1.80. The van der Waals surface area contributed by atoms with Crippen LogP contribution in [0.15, 0.2) is 4.99 Å². The van der Waals surface area contributed by atoms with E-state index in [1.807, 2.05) is 20.8 Å². The maximum Gasteiger partial charge on any atom is 0.410 e. The van der Waals surface area contributed by atoms with Crippen LogP contribution in [0.5, 0.6) is 0 Å². The number of hydrogen-bond donors (Lipinski definition) is 1. The number of nitrogens with one attached hydrogen (secondary N) is 1. The van der Waals surface area contributed by atoms with Crippen LogP contribution in [0.2, 0.25) is 0 Å². The number of hydrogen-bond acceptors (Lipinski definition) is 4. The Balaban J connectivity index is 1.68. The lowest BCUT2D eigenvalue weighted by atomic mass is 9.88. The normalized spacial score (nSPS) is 19.1. The number of piperidine rings is 1. The number of likely N-dealkylation sites (tertiary alicyclic amines) is 1. The van der Waals surface area contributed by atoms with Crippen molar-refractivity contribution in [2.75, 3.05) is 13.1 Å². The van der Waals surface area contributed by atoms with Crippen molar-refractivity contribution in [3.63, 3.8) is 0 Å². The lowest BCUT2D eigenvalue weighted by Gasteiger charge is -2.36. The summed E-state index contributed by atoms with van der Waals surface area (Å²) in [6.07, 6.45) is 0.681.